The molecule has 1 N–H and O–H groups in total. The van der Waals surface area contributed by atoms with Crippen LogP contribution in [0, 0.1) is 6.92 Å². The lowest BCUT2D eigenvalue weighted by Crippen LogP contribution is -2.25. The van der Waals surface area contributed by atoms with E-state index in [9.17, 15) is 4.79 Å². The second-order valence-electron chi connectivity index (χ2n) is 4.15. The summed E-state index contributed by atoms with van der Waals surface area (Å²) in [6.45, 7) is 4.83. The molecule has 0 unspecified atom stereocenters. The van der Waals surface area contributed by atoms with Crippen LogP contribution in [0.1, 0.15) is 35.5 Å². The molecule has 0 saturated carbocycles. The van der Waals surface area contributed by atoms with Crippen molar-refractivity contribution in [2.45, 2.75) is 33.4 Å². The van der Waals surface area contributed by atoms with Crippen molar-refractivity contribution in [3.8, 4) is 0 Å². The van der Waals surface area contributed by atoms with Gasteiger partial charge in [-0.25, -0.2) is 0 Å². The van der Waals surface area contributed by atoms with Gasteiger partial charge in [0.05, 0.1) is 6.54 Å². The Kier molecular flexibility index (Phi) is 4.36. The Labute approximate surface area is 119 Å². The Morgan fingerprint density at radius 1 is 1.58 bits per heavy atom. The van der Waals surface area contributed by atoms with Crippen LogP contribution < -0.4 is 5.32 Å². The van der Waals surface area contributed by atoms with Gasteiger partial charge in [-0.05, 0) is 35.3 Å². The molecule has 7 heteroatoms. The summed E-state index contributed by atoms with van der Waals surface area (Å²) < 4.78 is 7.75. The normalized spacial score (nSPS) is 10.7. The Hall–Kier alpha value is -1.63. The fourth-order valence-electron chi connectivity index (χ4n) is 1.75. The summed E-state index contributed by atoms with van der Waals surface area (Å²) in [6.07, 6.45) is 2.86. The number of halogens is 1. The molecule has 2 aromatic rings. The molecule has 0 bridgehead atoms. The molecule has 0 aliphatic carbocycles. The molecule has 2 aromatic heterocycles. The Morgan fingerprint density at radius 2 is 2.37 bits per heavy atom. The molecule has 0 aliphatic heterocycles. The van der Waals surface area contributed by atoms with Gasteiger partial charge in [-0.3, -0.25) is 4.79 Å². The summed E-state index contributed by atoms with van der Waals surface area (Å²) in [6, 6.07) is 1.80. The van der Waals surface area contributed by atoms with Crippen LogP contribution in [0.25, 0.3) is 0 Å². The Bertz CT molecular complexity index is 576. The van der Waals surface area contributed by atoms with Crippen LogP contribution in [0.2, 0.25) is 0 Å². The van der Waals surface area contributed by atoms with Crippen molar-refractivity contribution in [3.63, 3.8) is 0 Å². The molecule has 6 nitrogen and oxygen atoms in total. The maximum absolute atomic E-state index is 12.1. The third kappa shape index (κ3) is 3.44. The standard InChI is InChI=1S/C12H15BrN4O2/c1-3-4-17-7-9(13)5-10(17)12(18)14-6-11-15-8(2)16-19-11/h5,7H,3-4,6H2,1-2H3,(H,14,18). The lowest BCUT2D eigenvalue weighted by atomic mass is 10.3. The number of carbonyl (C=O) groups is 1. The molecule has 0 aromatic carbocycles. The number of hydrogen-bond acceptors (Lipinski definition) is 4. The van der Waals surface area contributed by atoms with E-state index in [0.717, 1.165) is 17.4 Å². The molecule has 102 valence electrons. The predicted molar refractivity (Wildman–Crippen MR) is 72.6 cm³/mol. The number of rotatable bonds is 5. The minimum Gasteiger partial charge on any atom is -0.342 e. The number of hydrogen-bond donors (Lipinski definition) is 1. The van der Waals surface area contributed by atoms with E-state index in [4.69, 9.17) is 4.52 Å². The van der Waals surface area contributed by atoms with Crippen LogP contribution in [-0.4, -0.2) is 20.6 Å². The zero-order chi connectivity index (χ0) is 13.8. The Morgan fingerprint density at radius 3 is 3.00 bits per heavy atom. The molecule has 2 heterocycles. The van der Waals surface area contributed by atoms with Gasteiger partial charge in [-0.1, -0.05) is 12.1 Å². The van der Waals surface area contributed by atoms with Gasteiger partial charge in [0.2, 0.25) is 5.89 Å². The summed E-state index contributed by atoms with van der Waals surface area (Å²) >= 11 is 3.38. The second kappa shape index (κ2) is 6.01. The summed E-state index contributed by atoms with van der Waals surface area (Å²) in [5.41, 5.74) is 0.616. The quantitative estimate of drug-likeness (QED) is 0.914. The van der Waals surface area contributed by atoms with Crippen molar-refractivity contribution < 1.29 is 9.32 Å². The number of nitrogens with one attached hydrogen (secondary N) is 1. The van der Waals surface area contributed by atoms with Gasteiger partial charge in [0.15, 0.2) is 5.82 Å². The van der Waals surface area contributed by atoms with Crippen LogP contribution in [0.3, 0.4) is 0 Å². The summed E-state index contributed by atoms with van der Waals surface area (Å²) in [7, 11) is 0. The van der Waals surface area contributed by atoms with E-state index < -0.39 is 0 Å². The smallest absolute Gasteiger partial charge is 0.268 e. The molecule has 19 heavy (non-hydrogen) atoms. The van der Waals surface area contributed by atoms with E-state index in [1.807, 2.05) is 10.8 Å². The van der Waals surface area contributed by atoms with Crippen molar-refractivity contribution in [3.05, 3.63) is 34.1 Å². The number of aryl methyl sites for hydroxylation is 2. The highest BCUT2D eigenvalue weighted by Crippen LogP contribution is 2.15. The molecule has 0 spiro atoms. The maximum Gasteiger partial charge on any atom is 0.268 e. The van der Waals surface area contributed by atoms with Gasteiger partial charge in [0.1, 0.15) is 5.69 Å². The van der Waals surface area contributed by atoms with Crippen molar-refractivity contribution in [2.24, 2.45) is 0 Å². The van der Waals surface area contributed by atoms with Crippen LogP contribution in [0.4, 0.5) is 0 Å². The van der Waals surface area contributed by atoms with Crippen molar-refractivity contribution in [1.29, 1.82) is 0 Å². The van der Waals surface area contributed by atoms with Crippen molar-refractivity contribution in [2.75, 3.05) is 0 Å². The van der Waals surface area contributed by atoms with Gasteiger partial charge in [0.25, 0.3) is 5.91 Å². The van der Waals surface area contributed by atoms with E-state index in [0.29, 0.717) is 17.4 Å². The van der Waals surface area contributed by atoms with Crippen molar-refractivity contribution >= 4 is 21.8 Å². The highest BCUT2D eigenvalue weighted by atomic mass is 79.9. The number of nitrogens with zero attached hydrogens (tertiary/aromatic N) is 3. The maximum atomic E-state index is 12.1. The second-order valence-corrected chi connectivity index (χ2v) is 5.07. The van der Waals surface area contributed by atoms with Gasteiger partial charge in [-0.2, -0.15) is 4.98 Å². The van der Waals surface area contributed by atoms with Gasteiger partial charge < -0.3 is 14.4 Å². The van der Waals surface area contributed by atoms with E-state index in [2.05, 4.69) is 38.3 Å². The lowest BCUT2D eigenvalue weighted by Gasteiger charge is -2.07. The molecule has 2 rings (SSSR count). The number of aromatic nitrogens is 3. The van der Waals surface area contributed by atoms with Crippen LogP contribution in [-0.2, 0) is 13.1 Å². The zero-order valence-corrected chi connectivity index (χ0v) is 12.4. The van der Waals surface area contributed by atoms with Gasteiger partial charge in [-0.15, -0.1) is 0 Å². The van der Waals surface area contributed by atoms with E-state index in [1.54, 1.807) is 13.0 Å². The van der Waals surface area contributed by atoms with Crippen LogP contribution in [0.15, 0.2) is 21.3 Å². The fraction of sp³-hybridized carbons (Fsp3) is 0.417. The molecular weight excluding hydrogens is 312 g/mol. The summed E-state index contributed by atoms with van der Waals surface area (Å²) in [5, 5.41) is 6.43. The van der Waals surface area contributed by atoms with Crippen molar-refractivity contribution in [1.82, 2.24) is 20.0 Å². The third-order valence-corrected chi connectivity index (χ3v) is 2.96. The minimum absolute atomic E-state index is 0.157. The first-order valence-corrected chi connectivity index (χ1v) is 6.82. The monoisotopic (exact) mass is 326 g/mol. The van der Waals surface area contributed by atoms with Gasteiger partial charge in [0, 0.05) is 17.2 Å². The first-order valence-electron chi connectivity index (χ1n) is 6.03. The van der Waals surface area contributed by atoms with Gasteiger partial charge >= 0.3 is 0 Å². The summed E-state index contributed by atoms with van der Waals surface area (Å²) in [4.78, 5) is 16.1. The highest BCUT2D eigenvalue weighted by molar-refractivity contribution is 9.10. The Balaban J connectivity index is 2.03. The first-order chi connectivity index (χ1) is 9.10. The minimum atomic E-state index is -0.157. The first kappa shape index (κ1) is 13.8. The number of carbonyl (C=O) groups excluding carboxylic acids is 1. The molecule has 0 radical (unpaired) electrons. The molecule has 0 aliphatic rings. The fourth-order valence-corrected chi connectivity index (χ4v) is 2.21. The molecule has 0 atom stereocenters. The van der Waals surface area contributed by atoms with E-state index in [1.165, 1.54) is 0 Å². The summed E-state index contributed by atoms with van der Waals surface area (Å²) in [5.74, 6) is 0.801. The van der Waals surface area contributed by atoms with Crippen LogP contribution in [0.5, 0.6) is 0 Å². The molecule has 1 amide bonds. The predicted octanol–water partition coefficient (Wildman–Crippen LogP) is 2.28. The zero-order valence-electron chi connectivity index (χ0n) is 10.8. The van der Waals surface area contributed by atoms with Crippen LogP contribution >= 0.6 is 15.9 Å². The average Bonchev–Trinajstić information content (AvgIpc) is 2.93. The lowest BCUT2D eigenvalue weighted by molar-refractivity contribution is 0.0937. The highest BCUT2D eigenvalue weighted by Gasteiger charge is 2.13. The molecule has 0 saturated heterocycles. The average molecular weight is 327 g/mol. The van der Waals surface area contributed by atoms with E-state index >= 15 is 0 Å². The molecular formula is C12H15BrN4O2. The van der Waals surface area contributed by atoms with E-state index in [-0.39, 0.29) is 12.5 Å². The molecule has 0 fully saturated rings. The SMILES string of the molecule is CCCn1cc(Br)cc1C(=O)NCc1nc(C)no1. The largest absolute Gasteiger partial charge is 0.342 e. The topological polar surface area (TPSA) is 73.0 Å². The number of amides is 1. The third-order valence-electron chi connectivity index (χ3n) is 2.53.